The van der Waals surface area contributed by atoms with Crippen molar-refractivity contribution in [2.45, 2.75) is 23.3 Å². The molecule has 26 heavy (non-hydrogen) atoms. The summed E-state index contributed by atoms with van der Waals surface area (Å²) in [6, 6.07) is 20.4. The monoisotopic (exact) mass is 378 g/mol. The number of aryl methyl sites for hydroxylation is 1. The predicted octanol–water partition coefficient (Wildman–Crippen LogP) is 5.62. The van der Waals surface area contributed by atoms with E-state index in [2.05, 4.69) is 47.6 Å². The largest absolute Gasteiger partial charge is 0.350 e. The smallest absolute Gasteiger partial charge is 0.269 e. The summed E-state index contributed by atoms with van der Waals surface area (Å²) in [5.74, 6) is -0.0794. The van der Waals surface area contributed by atoms with Gasteiger partial charge in [-0.25, -0.2) is 0 Å². The van der Waals surface area contributed by atoms with Crippen LogP contribution in [-0.4, -0.2) is 10.9 Å². The van der Waals surface area contributed by atoms with Crippen LogP contribution in [0.1, 0.15) is 20.9 Å². The second-order valence-electron chi connectivity index (χ2n) is 6.05. The van der Waals surface area contributed by atoms with Crippen LogP contribution in [0, 0.1) is 6.92 Å². The van der Waals surface area contributed by atoms with Crippen LogP contribution in [0.3, 0.4) is 0 Å². The number of carbonyl (C=O) groups is 1. The summed E-state index contributed by atoms with van der Waals surface area (Å²) in [4.78, 5) is 19.3. The van der Waals surface area contributed by atoms with Crippen LogP contribution in [0.2, 0.25) is 0 Å². The van der Waals surface area contributed by atoms with E-state index in [0.29, 0.717) is 12.2 Å². The zero-order chi connectivity index (χ0) is 17.9. The Labute approximate surface area is 160 Å². The summed E-state index contributed by atoms with van der Waals surface area (Å²) in [6.07, 6.45) is 0. The van der Waals surface area contributed by atoms with E-state index < -0.39 is 0 Å². The maximum atomic E-state index is 12.8. The van der Waals surface area contributed by atoms with Gasteiger partial charge in [0.25, 0.3) is 5.91 Å². The Balaban J connectivity index is 1.66. The van der Waals surface area contributed by atoms with E-state index in [1.807, 2.05) is 35.7 Å². The van der Waals surface area contributed by atoms with Crippen LogP contribution in [0.25, 0.3) is 10.9 Å². The average molecular weight is 379 g/mol. The van der Waals surface area contributed by atoms with Gasteiger partial charge in [-0.15, -0.1) is 11.3 Å². The third kappa shape index (κ3) is 3.54. The first kappa shape index (κ1) is 16.9. The fourth-order valence-corrected chi connectivity index (χ4v) is 4.46. The Bertz CT molecular complexity index is 1030. The molecule has 0 unspecified atom stereocenters. The number of carbonyl (C=O) groups excluding carboxylic acids is 1. The van der Waals surface area contributed by atoms with Crippen molar-refractivity contribution in [2.75, 3.05) is 0 Å². The maximum Gasteiger partial charge on any atom is 0.269 e. The van der Waals surface area contributed by atoms with Gasteiger partial charge in [-0.2, -0.15) is 0 Å². The predicted molar refractivity (Wildman–Crippen MR) is 109 cm³/mol. The molecule has 0 aliphatic heterocycles. The summed E-state index contributed by atoms with van der Waals surface area (Å²) >= 11 is 3.26. The molecular weight excluding hydrogens is 360 g/mol. The topological polar surface area (TPSA) is 44.9 Å². The van der Waals surface area contributed by atoms with Gasteiger partial charge in [-0.1, -0.05) is 53.7 Å². The molecule has 5 heteroatoms. The summed E-state index contributed by atoms with van der Waals surface area (Å²) in [5, 5.41) is 6.11. The van der Waals surface area contributed by atoms with Gasteiger partial charge < -0.3 is 10.3 Å². The van der Waals surface area contributed by atoms with Gasteiger partial charge in [0.05, 0.1) is 11.4 Å². The quantitative estimate of drug-likeness (QED) is 0.473. The van der Waals surface area contributed by atoms with Gasteiger partial charge in [0.15, 0.2) is 0 Å². The molecule has 4 rings (SSSR count). The number of thiophene rings is 1. The summed E-state index contributed by atoms with van der Waals surface area (Å²) in [5.41, 5.74) is 2.82. The number of para-hydroxylation sites is 1. The normalized spacial score (nSPS) is 11.0. The number of hydrogen-bond donors (Lipinski definition) is 2. The Morgan fingerprint density at radius 1 is 1.08 bits per heavy atom. The minimum Gasteiger partial charge on any atom is -0.350 e. The van der Waals surface area contributed by atoms with E-state index in [0.717, 1.165) is 25.6 Å². The number of aromatic nitrogens is 1. The summed E-state index contributed by atoms with van der Waals surface area (Å²) < 4.78 is 0. The Hall–Kier alpha value is -2.50. The van der Waals surface area contributed by atoms with E-state index in [-0.39, 0.29) is 5.91 Å². The van der Waals surface area contributed by atoms with Gasteiger partial charge in [-0.3, -0.25) is 4.79 Å². The van der Waals surface area contributed by atoms with Crippen LogP contribution >= 0.6 is 23.1 Å². The number of rotatable bonds is 5. The van der Waals surface area contributed by atoms with Crippen molar-refractivity contribution in [2.24, 2.45) is 0 Å². The SMILES string of the molecule is Cc1ccc(Sc2c(C(=O)NCc3cccs3)[nH]c3ccccc23)cc1. The zero-order valence-electron chi connectivity index (χ0n) is 14.3. The van der Waals surface area contributed by atoms with Crippen molar-refractivity contribution in [3.8, 4) is 0 Å². The molecule has 0 saturated carbocycles. The Morgan fingerprint density at radius 3 is 2.65 bits per heavy atom. The minimum absolute atomic E-state index is 0.0794. The molecule has 0 atom stereocenters. The van der Waals surface area contributed by atoms with E-state index in [9.17, 15) is 4.79 Å². The van der Waals surface area contributed by atoms with Crippen molar-refractivity contribution in [1.29, 1.82) is 0 Å². The van der Waals surface area contributed by atoms with Crippen molar-refractivity contribution < 1.29 is 4.79 Å². The first-order chi connectivity index (χ1) is 12.7. The number of hydrogen-bond acceptors (Lipinski definition) is 3. The Morgan fingerprint density at radius 2 is 1.88 bits per heavy atom. The molecule has 2 heterocycles. The molecular formula is C21H18N2OS2. The second kappa shape index (κ2) is 7.40. The highest BCUT2D eigenvalue weighted by Gasteiger charge is 2.18. The molecule has 0 bridgehead atoms. The lowest BCUT2D eigenvalue weighted by Crippen LogP contribution is -2.23. The molecule has 0 saturated heterocycles. The molecule has 4 aromatic rings. The van der Waals surface area contributed by atoms with Gasteiger partial charge in [0.2, 0.25) is 0 Å². The van der Waals surface area contributed by atoms with Gasteiger partial charge in [0.1, 0.15) is 5.69 Å². The van der Waals surface area contributed by atoms with Gasteiger partial charge in [-0.05, 0) is 36.6 Å². The van der Waals surface area contributed by atoms with Crippen LogP contribution < -0.4 is 5.32 Å². The van der Waals surface area contributed by atoms with Crippen LogP contribution in [0.5, 0.6) is 0 Å². The highest BCUT2D eigenvalue weighted by Crippen LogP contribution is 2.36. The molecule has 0 spiro atoms. The van der Waals surface area contributed by atoms with Gasteiger partial charge in [0, 0.05) is 20.7 Å². The molecule has 0 aliphatic rings. The van der Waals surface area contributed by atoms with E-state index in [1.54, 1.807) is 23.1 Å². The second-order valence-corrected chi connectivity index (χ2v) is 8.17. The third-order valence-electron chi connectivity index (χ3n) is 4.13. The van der Waals surface area contributed by atoms with Crippen LogP contribution in [-0.2, 0) is 6.54 Å². The first-order valence-corrected chi connectivity index (χ1v) is 10.1. The molecule has 130 valence electrons. The maximum absolute atomic E-state index is 12.8. The molecule has 0 radical (unpaired) electrons. The highest BCUT2D eigenvalue weighted by atomic mass is 32.2. The fourth-order valence-electron chi connectivity index (χ4n) is 2.78. The van der Waals surface area contributed by atoms with Gasteiger partial charge >= 0.3 is 0 Å². The lowest BCUT2D eigenvalue weighted by Gasteiger charge is -2.06. The number of nitrogens with one attached hydrogen (secondary N) is 2. The standard InChI is InChI=1S/C21H18N2OS2/c1-14-8-10-15(11-9-14)26-20-17-6-2-3-7-18(17)23-19(20)21(24)22-13-16-5-4-12-25-16/h2-12,23H,13H2,1H3,(H,22,24). The highest BCUT2D eigenvalue weighted by molar-refractivity contribution is 7.99. The van der Waals surface area contributed by atoms with Crippen molar-refractivity contribution >= 4 is 39.9 Å². The summed E-state index contributed by atoms with van der Waals surface area (Å²) in [7, 11) is 0. The molecule has 0 fully saturated rings. The lowest BCUT2D eigenvalue weighted by atomic mass is 10.2. The number of benzene rings is 2. The van der Waals surface area contributed by atoms with E-state index in [1.165, 1.54) is 5.56 Å². The van der Waals surface area contributed by atoms with E-state index >= 15 is 0 Å². The number of amides is 1. The van der Waals surface area contributed by atoms with Crippen molar-refractivity contribution in [1.82, 2.24) is 10.3 Å². The molecule has 0 aliphatic carbocycles. The fraction of sp³-hybridized carbons (Fsp3) is 0.0952. The van der Waals surface area contributed by atoms with Crippen molar-refractivity contribution in [3.05, 3.63) is 82.2 Å². The Kier molecular flexibility index (Phi) is 4.82. The van der Waals surface area contributed by atoms with Crippen LogP contribution in [0.15, 0.2) is 75.8 Å². The minimum atomic E-state index is -0.0794. The van der Waals surface area contributed by atoms with Crippen LogP contribution in [0.4, 0.5) is 0 Å². The molecule has 2 aromatic carbocycles. The third-order valence-corrected chi connectivity index (χ3v) is 6.14. The lowest BCUT2D eigenvalue weighted by molar-refractivity contribution is 0.0944. The molecule has 3 nitrogen and oxygen atoms in total. The number of H-pyrrole nitrogens is 1. The number of aromatic amines is 1. The molecule has 1 amide bonds. The summed E-state index contributed by atoms with van der Waals surface area (Å²) in [6.45, 7) is 2.62. The van der Waals surface area contributed by atoms with Crippen molar-refractivity contribution in [3.63, 3.8) is 0 Å². The zero-order valence-corrected chi connectivity index (χ0v) is 15.9. The first-order valence-electron chi connectivity index (χ1n) is 8.36. The number of fused-ring (bicyclic) bond motifs is 1. The molecule has 2 aromatic heterocycles. The van der Waals surface area contributed by atoms with E-state index in [4.69, 9.17) is 0 Å². The molecule has 2 N–H and O–H groups in total. The average Bonchev–Trinajstić information content (AvgIpc) is 3.30.